The van der Waals surface area contributed by atoms with Crippen molar-refractivity contribution in [3.63, 3.8) is 0 Å². The Kier molecular flexibility index (Phi) is 9.24. The molecule has 0 aliphatic heterocycles. The smallest absolute Gasteiger partial charge is 0.164 e. The number of fused-ring (bicyclic) bond motifs is 10. The SMILES string of the molecule is N#Cc1ccc(-c2ccc(C34CC5CC(C3)CC(c3ccc(-c6ccc7c(c6)C6(c8ccccc8-c8ccccc86)c6cc(-c8nc(-c9ccccc9)nc(-c9ccccc9)n8)ccc6-7)cc3)(C5)C4)cc2)cc1. The van der Waals surface area contributed by atoms with Crippen LogP contribution >= 0.6 is 0 Å². The summed E-state index contributed by atoms with van der Waals surface area (Å²) in [4.78, 5) is 15.4. The van der Waals surface area contributed by atoms with Crippen LogP contribution in [0.3, 0.4) is 0 Å². The molecule has 6 aliphatic carbocycles. The minimum absolute atomic E-state index is 0.190. The molecule has 10 aromatic rings. The summed E-state index contributed by atoms with van der Waals surface area (Å²) in [5.41, 5.74) is 21.6. The van der Waals surface area contributed by atoms with Crippen LogP contribution in [0, 0.1) is 23.2 Å². The highest BCUT2D eigenvalue weighted by molar-refractivity contribution is 5.96. The van der Waals surface area contributed by atoms with E-state index in [0.717, 1.165) is 34.1 Å². The van der Waals surface area contributed by atoms with E-state index in [2.05, 4.69) is 176 Å². The molecule has 2 unspecified atom stereocenters. The van der Waals surface area contributed by atoms with Crippen LogP contribution in [0.15, 0.2) is 218 Å². The van der Waals surface area contributed by atoms with E-state index in [1.54, 1.807) is 0 Å². The van der Waals surface area contributed by atoms with E-state index in [1.165, 1.54) is 111 Å². The monoisotopic (exact) mass is 934 g/mol. The summed E-state index contributed by atoms with van der Waals surface area (Å²) in [6, 6.07) is 82.3. The van der Waals surface area contributed by atoms with E-state index in [1.807, 2.05) is 48.5 Å². The molecule has 4 fully saturated rings. The largest absolute Gasteiger partial charge is 0.208 e. The van der Waals surface area contributed by atoms with Gasteiger partial charge >= 0.3 is 0 Å². The van der Waals surface area contributed by atoms with Crippen molar-refractivity contribution in [2.45, 2.75) is 54.8 Å². The van der Waals surface area contributed by atoms with Crippen molar-refractivity contribution >= 4 is 0 Å². The highest BCUT2D eigenvalue weighted by Crippen LogP contribution is 2.67. The standard InChI is InChI=1S/C69H50N4/c70-42-44-19-21-47(22-20-44)48-23-29-54(30-24-48)67-38-45-35-46(39-67)41-68(40-45,43-67)55-31-25-49(26-32-55)52-27-33-58-59-34-28-53(66-72-64(50-11-3-1-4-12-50)71-65(73-66)51-13-5-2-6-14-51)37-63(59)69(62(58)36-52)60-17-9-7-15-56(60)57-16-8-10-18-61(57)69/h1-34,36-37,45-46H,35,38-41,43H2. The molecule has 2 atom stereocenters. The zero-order valence-electron chi connectivity index (χ0n) is 40.5. The van der Waals surface area contributed by atoms with E-state index < -0.39 is 5.41 Å². The summed E-state index contributed by atoms with van der Waals surface area (Å²) in [6.07, 6.45) is 7.77. The minimum Gasteiger partial charge on any atom is -0.208 e. The van der Waals surface area contributed by atoms with Crippen LogP contribution in [0.4, 0.5) is 0 Å². The topological polar surface area (TPSA) is 62.5 Å². The Morgan fingerprint density at radius 1 is 0.356 bits per heavy atom. The highest BCUT2D eigenvalue weighted by Gasteiger charge is 2.59. The molecule has 6 aliphatic rings. The van der Waals surface area contributed by atoms with Gasteiger partial charge in [-0.05, 0) is 163 Å². The van der Waals surface area contributed by atoms with Crippen LogP contribution in [-0.4, -0.2) is 15.0 Å². The Bertz CT molecular complexity index is 3750. The van der Waals surface area contributed by atoms with Gasteiger partial charge in [-0.3, -0.25) is 0 Å². The Morgan fingerprint density at radius 3 is 1.23 bits per heavy atom. The average Bonchev–Trinajstić information content (AvgIpc) is 3.92. The number of nitriles is 1. The molecule has 1 aromatic heterocycles. The fourth-order valence-corrected chi connectivity index (χ4v) is 15.1. The number of benzene rings is 9. The average molecular weight is 935 g/mol. The third-order valence-corrected chi connectivity index (χ3v) is 17.8. The summed E-state index contributed by atoms with van der Waals surface area (Å²) in [5.74, 6) is 3.49. The van der Waals surface area contributed by atoms with E-state index in [9.17, 15) is 5.26 Å². The van der Waals surface area contributed by atoms with Gasteiger partial charge in [0, 0.05) is 16.7 Å². The lowest BCUT2D eigenvalue weighted by Crippen LogP contribution is -2.55. The van der Waals surface area contributed by atoms with Gasteiger partial charge in [-0.15, -0.1) is 0 Å². The van der Waals surface area contributed by atoms with Gasteiger partial charge < -0.3 is 0 Å². The number of aromatic nitrogens is 3. The molecule has 1 heterocycles. The molecule has 0 N–H and O–H groups in total. The van der Waals surface area contributed by atoms with E-state index in [0.29, 0.717) is 23.0 Å². The molecule has 16 rings (SSSR count). The first-order valence-corrected chi connectivity index (χ1v) is 26.1. The zero-order chi connectivity index (χ0) is 48.3. The molecule has 4 nitrogen and oxygen atoms in total. The summed E-state index contributed by atoms with van der Waals surface area (Å²) in [7, 11) is 0. The number of hydrogen-bond acceptors (Lipinski definition) is 4. The molecule has 346 valence electrons. The van der Waals surface area contributed by atoms with Crippen LogP contribution < -0.4 is 0 Å². The van der Waals surface area contributed by atoms with Gasteiger partial charge in [-0.25, -0.2) is 15.0 Å². The Balaban J connectivity index is 0.817. The second-order valence-electron chi connectivity index (χ2n) is 21.8. The maximum absolute atomic E-state index is 9.34. The molecule has 4 bridgehead atoms. The van der Waals surface area contributed by atoms with Gasteiger partial charge in [0.25, 0.3) is 0 Å². The van der Waals surface area contributed by atoms with Gasteiger partial charge in [0.15, 0.2) is 17.5 Å². The molecule has 4 saturated carbocycles. The van der Waals surface area contributed by atoms with Crippen molar-refractivity contribution in [2.24, 2.45) is 11.8 Å². The minimum atomic E-state index is -0.547. The van der Waals surface area contributed by atoms with Crippen molar-refractivity contribution < 1.29 is 0 Å². The maximum Gasteiger partial charge on any atom is 0.164 e. The Hall–Kier alpha value is -8.52. The normalized spacial score (nSPS) is 21.0. The molecular formula is C69H50N4. The zero-order valence-corrected chi connectivity index (χ0v) is 40.5. The molecule has 0 saturated heterocycles. The highest BCUT2D eigenvalue weighted by atomic mass is 15.0. The second-order valence-corrected chi connectivity index (χ2v) is 21.8. The molecular weight excluding hydrogens is 885 g/mol. The fourth-order valence-electron chi connectivity index (χ4n) is 15.1. The Morgan fingerprint density at radius 2 is 0.740 bits per heavy atom. The first-order chi connectivity index (χ1) is 36.0. The van der Waals surface area contributed by atoms with Gasteiger partial charge in [-0.2, -0.15) is 5.26 Å². The summed E-state index contributed by atoms with van der Waals surface area (Å²) in [6.45, 7) is 0. The molecule has 9 aromatic carbocycles. The number of hydrogen-bond donors (Lipinski definition) is 0. The van der Waals surface area contributed by atoms with E-state index in [-0.39, 0.29) is 10.8 Å². The predicted molar refractivity (Wildman–Crippen MR) is 293 cm³/mol. The second kappa shape index (κ2) is 16.0. The predicted octanol–water partition coefficient (Wildman–Crippen LogP) is 16.2. The fraction of sp³-hybridized carbons (Fsp3) is 0.159. The van der Waals surface area contributed by atoms with Gasteiger partial charge in [0.1, 0.15) is 0 Å². The van der Waals surface area contributed by atoms with Crippen molar-refractivity contribution in [1.29, 1.82) is 5.26 Å². The number of rotatable bonds is 7. The van der Waals surface area contributed by atoms with E-state index in [4.69, 9.17) is 15.0 Å². The quantitative estimate of drug-likeness (QED) is 0.160. The Labute approximate surface area is 426 Å². The first-order valence-electron chi connectivity index (χ1n) is 26.1. The molecule has 0 amide bonds. The third kappa shape index (κ3) is 6.41. The summed E-state index contributed by atoms with van der Waals surface area (Å²) in [5, 5.41) is 9.34. The third-order valence-electron chi connectivity index (χ3n) is 17.8. The molecule has 1 spiro atoms. The van der Waals surface area contributed by atoms with Crippen LogP contribution in [0.2, 0.25) is 0 Å². The lowest BCUT2D eigenvalue weighted by Gasteiger charge is -2.63. The van der Waals surface area contributed by atoms with Crippen molar-refractivity contribution in [1.82, 2.24) is 15.0 Å². The van der Waals surface area contributed by atoms with Crippen LogP contribution in [-0.2, 0) is 16.2 Å². The van der Waals surface area contributed by atoms with Gasteiger partial charge in [0.05, 0.1) is 17.0 Å². The van der Waals surface area contributed by atoms with Gasteiger partial charge in [0.2, 0.25) is 0 Å². The van der Waals surface area contributed by atoms with Crippen LogP contribution in [0.25, 0.3) is 78.7 Å². The molecule has 73 heavy (non-hydrogen) atoms. The first kappa shape index (κ1) is 42.2. The summed E-state index contributed by atoms with van der Waals surface area (Å²) < 4.78 is 0. The maximum atomic E-state index is 9.34. The van der Waals surface area contributed by atoms with Crippen LogP contribution in [0.1, 0.15) is 77.5 Å². The van der Waals surface area contributed by atoms with E-state index >= 15 is 0 Å². The molecule has 4 heteroatoms. The molecule has 0 radical (unpaired) electrons. The lowest BCUT2D eigenvalue weighted by atomic mass is 9.41. The number of nitrogens with zero attached hydrogens (tertiary/aromatic N) is 4. The lowest BCUT2D eigenvalue weighted by molar-refractivity contribution is -0.0281. The van der Waals surface area contributed by atoms with Crippen LogP contribution in [0.5, 0.6) is 0 Å². The van der Waals surface area contributed by atoms with Gasteiger partial charge in [-0.1, -0.05) is 194 Å². The summed E-state index contributed by atoms with van der Waals surface area (Å²) >= 11 is 0. The van der Waals surface area contributed by atoms with Crippen molar-refractivity contribution in [3.8, 4) is 84.7 Å². The van der Waals surface area contributed by atoms with Crippen molar-refractivity contribution in [2.75, 3.05) is 0 Å². The van der Waals surface area contributed by atoms with Crippen molar-refractivity contribution in [3.05, 3.63) is 257 Å².